The van der Waals surface area contributed by atoms with Gasteiger partial charge in [0.1, 0.15) is 5.52 Å². The van der Waals surface area contributed by atoms with E-state index in [1.54, 1.807) is 6.07 Å². The lowest BCUT2D eigenvalue weighted by Crippen LogP contribution is -1.85. The third-order valence-corrected chi connectivity index (χ3v) is 1.87. The van der Waals surface area contributed by atoms with Gasteiger partial charge in [-0.25, -0.2) is 4.98 Å². The lowest BCUT2D eigenvalue weighted by Gasteiger charge is -1.87. The number of rotatable bonds is 1. The molecule has 0 unspecified atom stereocenters. The zero-order valence-corrected chi connectivity index (χ0v) is 7.63. The largest absolute Gasteiger partial charge is 0.433 e. The molecule has 0 saturated carbocycles. The standard InChI is InChI=1S/C9H6ClNO2/c1-5-2-3-6-7(4-5)13-9(11-6)8(10)12/h2-4H,1H3. The van der Waals surface area contributed by atoms with Crippen LogP contribution in [0.25, 0.3) is 11.1 Å². The van der Waals surface area contributed by atoms with Crippen molar-refractivity contribution in [3.05, 3.63) is 29.7 Å². The Morgan fingerprint density at radius 1 is 1.54 bits per heavy atom. The van der Waals surface area contributed by atoms with E-state index in [9.17, 15) is 4.79 Å². The Balaban J connectivity index is 2.68. The smallest absolute Gasteiger partial charge is 0.307 e. The summed E-state index contributed by atoms with van der Waals surface area (Å²) in [5, 5.41) is -0.672. The highest BCUT2D eigenvalue weighted by Crippen LogP contribution is 2.17. The highest BCUT2D eigenvalue weighted by atomic mass is 35.5. The molecular weight excluding hydrogens is 190 g/mol. The Labute approximate surface area is 79.3 Å². The van der Waals surface area contributed by atoms with Crippen molar-refractivity contribution < 1.29 is 9.21 Å². The lowest BCUT2D eigenvalue weighted by atomic mass is 10.2. The summed E-state index contributed by atoms with van der Waals surface area (Å²) in [5.74, 6) is -0.0535. The molecule has 2 rings (SSSR count). The summed E-state index contributed by atoms with van der Waals surface area (Å²) in [4.78, 5) is 14.6. The van der Waals surface area contributed by atoms with Gasteiger partial charge >= 0.3 is 5.24 Å². The van der Waals surface area contributed by atoms with Gasteiger partial charge in [-0.3, -0.25) is 4.79 Å². The van der Waals surface area contributed by atoms with E-state index in [2.05, 4.69) is 4.98 Å². The second-order valence-corrected chi connectivity index (χ2v) is 3.11. The molecule has 1 aromatic carbocycles. The van der Waals surface area contributed by atoms with Gasteiger partial charge in [0.25, 0.3) is 5.89 Å². The van der Waals surface area contributed by atoms with E-state index in [1.165, 1.54) is 0 Å². The molecule has 0 spiro atoms. The van der Waals surface area contributed by atoms with Crippen LogP contribution in [0.1, 0.15) is 16.2 Å². The highest BCUT2D eigenvalue weighted by Gasteiger charge is 2.10. The molecule has 1 heterocycles. The minimum Gasteiger partial charge on any atom is -0.433 e. The number of aromatic nitrogens is 1. The van der Waals surface area contributed by atoms with Crippen LogP contribution < -0.4 is 0 Å². The van der Waals surface area contributed by atoms with Crippen LogP contribution in [-0.4, -0.2) is 10.2 Å². The molecule has 66 valence electrons. The Bertz CT molecular complexity index is 475. The fourth-order valence-electron chi connectivity index (χ4n) is 1.12. The quantitative estimate of drug-likeness (QED) is 0.657. The van der Waals surface area contributed by atoms with Crippen LogP contribution in [0.2, 0.25) is 0 Å². The van der Waals surface area contributed by atoms with E-state index in [-0.39, 0.29) is 5.89 Å². The molecule has 2 aromatic rings. The van der Waals surface area contributed by atoms with Gasteiger partial charge in [0.05, 0.1) is 0 Å². The van der Waals surface area contributed by atoms with Gasteiger partial charge in [-0.2, -0.15) is 0 Å². The van der Waals surface area contributed by atoms with E-state index in [0.717, 1.165) is 5.56 Å². The van der Waals surface area contributed by atoms with Crippen LogP contribution >= 0.6 is 11.6 Å². The van der Waals surface area contributed by atoms with E-state index in [0.29, 0.717) is 11.1 Å². The normalized spacial score (nSPS) is 10.6. The fraction of sp³-hybridized carbons (Fsp3) is 0.111. The average Bonchev–Trinajstić information content (AvgIpc) is 2.46. The second kappa shape index (κ2) is 2.85. The Morgan fingerprint density at radius 2 is 2.31 bits per heavy atom. The summed E-state index contributed by atoms with van der Waals surface area (Å²) < 4.78 is 5.12. The SMILES string of the molecule is Cc1ccc2nc(C(=O)Cl)oc2c1. The number of benzene rings is 1. The monoisotopic (exact) mass is 195 g/mol. The summed E-state index contributed by atoms with van der Waals surface area (Å²) in [6.07, 6.45) is 0. The van der Waals surface area contributed by atoms with Crippen molar-refractivity contribution in [2.24, 2.45) is 0 Å². The maximum absolute atomic E-state index is 10.7. The minimum absolute atomic E-state index is 0.0535. The van der Waals surface area contributed by atoms with Crippen molar-refractivity contribution in [1.82, 2.24) is 4.98 Å². The molecule has 0 aliphatic rings. The number of fused-ring (bicyclic) bond motifs is 1. The fourth-order valence-corrected chi connectivity index (χ4v) is 1.20. The number of hydrogen-bond acceptors (Lipinski definition) is 3. The zero-order valence-electron chi connectivity index (χ0n) is 6.87. The number of carbonyl (C=O) groups excluding carboxylic acids is 1. The second-order valence-electron chi connectivity index (χ2n) is 2.76. The average molecular weight is 196 g/mol. The molecule has 0 aliphatic carbocycles. The molecule has 0 amide bonds. The first-order valence-electron chi connectivity index (χ1n) is 3.74. The zero-order chi connectivity index (χ0) is 9.42. The highest BCUT2D eigenvalue weighted by molar-refractivity contribution is 6.67. The third kappa shape index (κ3) is 1.42. The molecule has 0 bridgehead atoms. The van der Waals surface area contributed by atoms with E-state index >= 15 is 0 Å². The van der Waals surface area contributed by atoms with E-state index < -0.39 is 5.24 Å². The van der Waals surface area contributed by atoms with Gasteiger partial charge in [-0.1, -0.05) is 6.07 Å². The van der Waals surface area contributed by atoms with Crippen molar-refractivity contribution in [2.45, 2.75) is 6.92 Å². The first kappa shape index (κ1) is 8.26. The van der Waals surface area contributed by atoms with Gasteiger partial charge in [-0.05, 0) is 36.2 Å². The number of carbonyl (C=O) groups is 1. The first-order valence-corrected chi connectivity index (χ1v) is 4.11. The minimum atomic E-state index is -0.672. The summed E-state index contributed by atoms with van der Waals surface area (Å²) in [6, 6.07) is 5.50. The molecule has 0 fully saturated rings. The van der Waals surface area contributed by atoms with Crippen LogP contribution in [0.5, 0.6) is 0 Å². The molecule has 0 saturated heterocycles. The maximum Gasteiger partial charge on any atom is 0.307 e. The molecule has 4 heteroatoms. The topological polar surface area (TPSA) is 43.1 Å². The van der Waals surface area contributed by atoms with Crippen LogP contribution in [0.15, 0.2) is 22.6 Å². The summed E-state index contributed by atoms with van der Waals surface area (Å²) in [6.45, 7) is 1.93. The van der Waals surface area contributed by atoms with Crippen LogP contribution in [0.3, 0.4) is 0 Å². The lowest BCUT2D eigenvalue weighted by molar-refractivity contribution is 0.105. The van der Waals surface area contributed by atoms with E-state index in [1.807, 2.05) is 19.1 Å². The van der Waals surface area contributed by atoms with Crippen molar-refractivity contribution in [2.75, 3.05) is 0 Å². The van der Waals surface area contributed by atoms with Crippen LogP contribution in [0, 0.1) is 6.92 Å². The molecule has 0 N–H and O–H groups in total. The third-order valence-electron chi connectivity index (χ3n) is 1.71. The molecule has 0 aliphatic heterocycles. The van der Waals surface area contributed by atoms with Gasteiger partial charge in [0.2, 0.25) is 0 Å². The molecule has 0 radical (unpaired) electrons. The molecule has 3 nitrogen and oxygen atoms in total. The van der Waals surface area contributed by atoms with Gasteiger partial charge in [0, 0.05) is 0 Å². The first-order chi connectivity index (χ1) is 6.16. The number of aryl methyl sites for hydroxylation is 1. The van der Waals surface area contributed by atoms with Crippen molar-refractivity contribution in [3.63, 3.8) is 0 Å². The van der Waals surface area contributed by atoms with Gasteiger partial charge < -0.3 is 4.42 Å². The molecular formula is C9H6ClNO2. The van der Waals surface area contributed by atoms with Crippen molar-refractivity contribution in [3.8, 4) is 0 Å². The Kier molecular flexibility index (Phi) is 1.81. The van der Waals surface area contributed by atoms with Gasteiger partial charge in [-0.15, -0.1) is 0 Å². The van der Waals surface area contributed by atoms with Crippen LogP contribution in [0.4, 0.5) is 0 Å². The molecule has 13 heavy (non-hydrogen) atoms. The molecule has 1 aromatic heterocycles. The molecule has 0 atom stereocenters. The summed E-state index contributed by atoms with van der Waals surface area (Å²) in [7, 11) is 0. The number of hydrogen-bond donors (Lipinski definition) is 0. The number of oxazole rings is 1. The van der Waals surface area contributed by atoms with Crippen molar-refractivity contribution in [1.29, 1.82) is 0 Å². The number of halogens is 1. The Hall–Kier alpha value is -1.35. The number of nitrogens with zero attached hydrogens (tertiary/aromatic N) is 1. The summed E-state index contributed by atoms with van der Waals surface area (Å²) in [5.41, 5.74) is 2.29. The Morgan fingerprint density at radius 3 is 3.00 bits per heavy atom. The maximum atomic E-state index is 10.7. The summed E-state index contributed by atoms with van der Waals surface area (Å²) >= 11 is 5.22. The van der Waals surface area contributed by atoms with Gasteiger partial charge in [0.15, 0.2) is 5.58 Å². The van der Waals surface area contributed by atoms with Crippen LogP contribution in [-0.2, 0) is 0 Å². The van der Waals surface area contributed by atoms with E-state index in [4.69, 9.17) is 16.0 Å². The predicted molar refractivity (Wildman–Crippen MR) is 48.9 cm³/mol. The van der Waals surface area contributed by atoms with Crippen molar-refractivity contribution >= 4 is 27.9 Å². The predicted octanol–water partition coefficient (Wildman–Crippen LogP) is 2.52.